The topological polar surface area (TPSA) is 312 Å². The molecule has 3 aliphatic carbocycles. The van der Waals surface area contributed by atoms with Crippen molar-refractivity contribution < 1.29 is 86.0 Å². The zero-order valence-electron chi connectivity index (χ0n) is 25.4. The maximum Gasteiger partial charge on any atom is 0.294 e. The largest absolute Gasteiger partial charge is 0.410 e. The summed E-state index contributed by atoms with van der Waals surface area (Å²) in [5.74, 6) is -1.42. The van der Waals surface area contributed by atoms with Crippen molar-refractivity contribution in [1.82, 2.24) is 0 Å². The van der Waals surface area contributed by atoms with Gasteiger partial charge in [-0.25, -0.2) is 0 Å². The molecule has 3 aromatic carbocycles. The van der Waals surface area contributed by atoms with Crippen molar-refractivity contribution in [3.8, 4) is 0 Å². The molecule has 3 aliphatic rings. The van der Waals surface area contributed by atoms with Gasteiger partial charge in [-0.3, -0.25) is 28.0 Å². The van der Waals surface area contributed by atoms with E-state index in [-0.39, 0.29) is 48.9 Å². The Morgan fingerprint density at radius 1 is 0.404 bits per heavy atom. The van der Waals surface area contributed by atoms with E-state index in [1.165, 1.54) is 54.6 Å². The van der Waals surface area contributed by atoms with Crippen LogP contribution in [0.15, 0.2) is 103 Å². The van der Waals surface area contributed by atoms with E-state index in [0.717, 1.165) is 36.4 Å². The Morgan fingerprint density at radius 3 is 0.827 bits per heavy atom. The number of hydrogen-bond acceptors (Lipinski definition) is 15. The number of oxime groups is 3. The number of carbonyl (C=O) groups excluding carboxylic acids is 3. The third-order valence-electron chi connectivity index (χ3n) is 6.97. The van der Waals surface area contributed by atoms with Gasteiger partial charge in [0.25, 0.3) is 30.4 Å². The minimum atomic E-state index is -4.30. The minimum absolute atomic E-state index is 0. The normalized spacial score (nSPS) is 16.9. The molecular weight excluding hydrogens is 794 g/mol. The molecular formula is C30H21FeN3O15S3. The first-order valence-corrected chi connectivity index (χ1v) is 17.8. The van der Waals surface area contributed by atoms with Crippen molar-refractivity contribution in [3.05, 3.63) is 106 Å². The maximum atomic E-state index is 11.3. The second-order valence-corrected chi connectivity index (χ2v) is 14.4. The molecule has 0 saturated heterocycles. The fraction of sp³-hybridized carbons (Fsp3) is 0. The number of rotatable bonds is 3. The standard InChI is InChI=1S/3C10H7NO5S.Fe/c3*12-9-4-1-6-5-7(17(14,15)16)2-3-8(6)10(9)11-13;/h3*1-5,13H,(H,14,15,16);/b3*11-10-;. The number of fused-ring (bicyclic) bond motifs is 3. The average molecular weight is 816 g/mol. The monoisotopic (exact) mass is 815 g/mol. The molecule has 0 heterocycles. The first kappa shape index (κ1) is 41.0. The summed E-state index contributed by atoms with van der Waals surface area (Å²) in [5.41, 5.74) is 1.60. The molecule has 6 N–H and O–H groups in total. The van der Waals surface area contributed by atoms with Crippen LogP contribution in [0.25, 0.3) is 18.2 Å². The van der Waals surface area contributed by atoms with Crippen LogP contribution in [0.4, 0.5) is 0 Å². The van der Waals surface area contributed by atoms with Gasteiger partial charge >= 0.3 is 0 Å². The van der Waals surface area contributed by atoms with Crippen LogP contribution in [0.1, 0.15) is 33.4 Å². The molecule has 0 bridgehead atoms. The van der Waals surface area contributed by atoms with E-state index >= 15 is 0 Å². The Hall–Kier alpha value is -5.45. The predicted octanol–water partition coefficient (Wildman–Crippen LogP) is 2.12. The van der Waals surface area contributed by atoms with Gasteiger partial charge in [0.15, 0.2) is 17.1 Å². The van der Waals surface area contributed by atoms with E-state index in [0.29, 0.717) is 33.4 Å². The van der Waals surface area contributed by atoms with E-state index in [4.69, 9.17) is 29.3 Å². The Labute approximate surface area is 304 Å². The Kier molecular flexibility index (Phi) is 12.5. The number of benzene rings is 3. The number of ketones is 3. The maximum absolute atomic E-state index is 11.3. The van der Waals surface area contributed by atoms with Crippen LogP contribution < -0.4 is 0 Å². The zero-order valence-corrected chi connectivity index (χ0v) is 29.0. The van der Waals surface area contributed by atoms with Gasteiger partial charge in [0.05, 0.1) is 14.7 Å². The van der Waals surface area contributed by atoms with Crippen molar-refractivity contribution in [2.24, 2.45) is 15.5 Å². The molecule has 0 fully saturated rings. The fourth-order valence-corrected chi connectivity index (χ4v) is 6.15. The first-order valence-electron chi connectivity index (χ1n) is 13.5. The van der Waals surface area contributed by atoms with Gasteiger partial charge in [0, 0.05) is 33.8 Å². The van der Waals surface area contributed by atoms with Gasteiger partial charge in [-0.2, -0.15) is 25.3 Å². The molecule has 0 saturated carbocycles. The number of allylic oxidation sites excluding steroid dienone is 3. The van der Waals surface area contributed by atoms with Gasteiger partial charge in [-0.15, -0.1) is 0 Å². The average Bonchev–Trinajstić information content (AvgIpc) is 3.07. The number of carbonyl (C=O) groups is 3. The minimum Gasteiger partial charge on any atom is -0.410 e. The molecule has 0 radical (unpaired) electrons. The summed E-state index contributed by atoms with van der Waals surface area (Å²) in [7, 11) is -12.9. The zero-order chi connectivity index (χ0) is 37.9. The van der Waals surface area contributed by atoms with E-state index in [1.807, 2.05) is 0 Å². The molecule has 272 valence electrons. The number of hydrogen-bond donors (Lipinski definition) is 6. The molecule has 0 unspecified atom stereocenters. The summed E-state index contributed by atoms with van der Waals surface area (Å²) in [5, 5.41) is 34.7. The molecule has 0 aliphatic heterocycles. The Morgan fingerprint density at radius 2 is 0.635 bits per heavy atom. The van der Waals surface area contributed by atoms with Crippen molar-refractivity contribution in [3.63, 3.8) is 0 Å². The van der Waals surface area contributed by atoms with Crippen molar-refractivity contribution >= 4 is 83.1 Å². The molecule has 0 amide bonds. The third-order valence-corrected chi connectivity index (χ3v) is 9.52. The van der Waals surface area contributed by atoms with Crippen LogP contribution >= 0.6 is 0 Å². The second-order valence-electron chi connectivity index (χ2n) is 10.1. The van der Waals surface area contributed by atoms with Crippen molar-refractivity contribution in [2.45, 2.75) is 14.7 Å². The van der Waals surface area contributed by atoms with Crippen LogP contribution in [0.3, 0.4) is 0 Å². The van der Waals surface area contributed by atoms with Crippen LogP contribution in [-0.2, 0) is 61.8 Å². The molecule has 3 aromatic rings. The van der Waals surface area contributed by atoms with Gasteiger partial charge < -0.3 is 15.6 Å². The van der Waals surface area contributed by atoms with E-state index in [1.54, 1.807) is 0 Å². The second kappa shape index (κ2) is 15.8. The SMILES string of the molecule is O=C1C=Cc2cc(S(=O)(=O)O)ccc2/C1=N/O.O=C1C=Cc2cc(S(=O)(=O)O)ccc2/C1=N/O.O=C1C=Cc2cc(S(=O)(=O)O)ccc2/C1=N/O.[Fe]. The van der Waals surface area contributed by atoms with Gasteiger partial charge in [-0.1, -0.05) is 51.9 Å². The summed E-state index contributed by atoms with van der Waals surface area (Å²) in [6.45, 7) is 0. The summed E-state index contributed by atoms with van der Waals surface area (Å²) in [6.07, 6.45) is 7.64. The summed E-state index contributed by atoms with van der Waals surface area (Å²) in [6, 6.07) is 10.9. The van der Waals surface area contributed by atoms with Gasteiger partial charge in [0.2, 0.25) is 17.3 Å². The van der Waals surface area contributed by atoms with Crippen LogP contribution in [0.5, 0.6) is 0 Å². The van der Waals surface area contributed by atoms with Crippen molar-refractivity contribution in [2.75, 3.05) is 0 Å². The van der Waals surface area contributed by atoms with E-state index in [2.05, 4.69) is 15.5 Å². The molecule has 22 heteroatoms. The fourth-order valence-electron chi connectivity index (χ4n) is 4.61. The first-order chi connectivity index (χ1) is 23.8. The molecule has 52 heavy (non-hydrogen) atoms. The quantitative estimate of drug-likeness (QED) is 0.0955. The summed E-state index contributed by atoms with van der Waals surface area (Å²) < 4.78 is 92.1. The van der Waals surface area contributed by atoms with Crippen LogP contribution in [-0.4, -0.2) is 89.0 Å². The number of nitrogens with zero attached hydrogens (tertiary/aromatic N) is 3. The molecule has 0 aromatic heterocycles. The Balaban J connectivity index is 0.000000208. The van der Waals surface area contributed by atoms with E-state index in [9.17, 15) is 39.6 Å². The van der Waals surface area contributed by atoms with Gasteiger partial charge in [0.1, 0.15) is 0 Å². The summed E-state index contributed by atoms with van der Waals surface area (Å²) in [4.78, 5) is 33.1. The van der Waals surface area contributed by atoms with E-state index < -0.39 is 47.7 Å². The molecule has 6 rings (SSSR count). The molecule has 0 spiro atoms. The van der Waals surface area contributed by atoms with Gasteiger partial charge in [-0.05, 0) is 71.3 Å². The van der Waals surface area contributed by atoms with Crippen molar-refractivity contribution in [1.29, 1.82) is 0 Å². The third kappa shape index (κ3) is 9.06. The molecule has 18 nitrogen and oxygen atoms in total. The predicted molar refractivity (Wildman–Crippen MR) is 176 cm³/mol. The Bertz CT molecular complexity index is 2260. The van der Waals surface area contributed by atoms with Crippen LogP contribution in [0.2, 0.25) is 0 Å². The molecule has 0 atom stereocenters. The summed E-state index contributed by atoms with van der Waals surface area (Å²) >= 11 is 0. The smallest absolute Gasteiger partial charge is 0.294 e. The van der Waals surface area contributed by atoms with Crippen LogP contribution in [0, 0.1) is 0 Å².